The van der Waals surface area contributed by atoms with Gasteiger partial charge in [0.25, 0.3) is 0 Å². The molecule has 0 aliphatic rings. The third-order valence-electron chi connectivity index (χ3n) is 2.58. The molecule has 0 spiro atoms. The third kappa shape index (κ3) is 7.33. The number of hydrogen-bond acceptors (Lipinski definition) is 3. The predicted molar refractivity (Wildman–Crippen MR) is 63.7 cm³/mol. The Labute approximate surface area is 93.2 Å². The molecular formula is C11H25N3O. The van der Waals surface area contributed by atoms with Crippen molar-refractivity contribution in [3.8, 4) is 0 Å². The van der Waals surface area contributed by atoms with E-state index in [0.717, 1.165) is 25.8 Å². The average Bonchev–Trinajstić information content (AvgIpc) is 2.18. The number of nitrogens with zero attached hydrogens (tertiary/aromatic N) is 1. The first-order chi connectivity index (χ1) is 7.11. The summed E-state index contributed by atoms with van der Waals surface area (Å²) in [6.07, 6.45) is 3.09. The summed E-state index contributed by atoms with van der Waals surface area (Å²) in [4.78, 5) is 13.5. The fourth-order valence-electron chi connectivity index (χ4n) is 1.30. The van der Waals surface area contributed by atoms with E-state index in [1.807, 2.05) is 11.9 Å². The van der Waals surface area contributed by atoms with Gasteiger partial charge in [0, 0.05) is 12.6 Å². The summed E-state index contributed by atoms with van der Waals surface area (Å²) in [5.41, 5.74) is 5.47. The first kappa shape index (κ1) is 14.4. The highest BCUT2D eigenvalue weighted by Gasteiger charge is 2.11. The first-order valence-electron chi connectivity index (χ1n) is 5.78. The van der Waals surface area contributed by atoms with Gasteiger partial charge in [0.2, 0.25) is 5.91 Å². The van der Waals surface area contributed by atoms with Gasteiger partial charge in [0.15, 0.2) is 0 Å². The summed E-state index contributed by atoms with van der Waals surface area (Å²) in [6.45, 7) is 6.12. The molecule has 1 atom stereocenters. The minimum Gasteiger partial charge on any atom is -0.355 e. The molecule has 0 aliphatic carbocycles. The van der Waals surface area contributed by atoms with Crippen LogP contribution in [0.2, 0.25) is 0 Å². The molecule has 0 bridgehead atoms. The van der Waals surface area contributed by atoms with Gasteiger partial charge in [-0.05, 0) is 33.4 Å². The van der Waals surface area contributed by atoms with Crippen molar-refractivity contribution >= 4 is 5.91 Å². The Balaban J connectivity index is 3.65. The van der Waals surface area contributed by atoms with Crippen LogP contribution in [0, 0.1) is 0 Å². The van der Waals surface area contributed by atoms with Gasteiger partial charge in [0.1, 0.15) is 0 Å². The Kier molecular flexibility index (Phi) is 8.33. The van der Waals surface area contributed by atoms with Crippen LogP contribution in [0.5, 0.6) is 0 Å². The van der Waals surface area contributed by atoms with Crippen molar-refractivity contribution in [3.05, 3.63) is 0 Å². The minimum atomic E-state index is 0.106. The van der Waals surface area contributed by atoms with Crippen LogP contribution in [0.4, 0.5) is 0 Å². The lowest BCUT2D eigenvalue weighted by Crippen LogP contribution is -2.40. The Morgan fingerprint density at radius 1 is 1.53 bits per heavy atom. The molecule has 0 aromatic carbocycles. The summed E-state index contributed by atoms with van der Waals surface area (Å²) >= 11 is 0. The fourth-order valence-corrected chi connectivity index (χ4v) is 1.30. The van der Waals surface area contributed by atoms with E-state index < -0.39 is 0 Å². The lowest BCUT2D eigenvalue weighted by Gasteiger charge is -2.23. The van der Waals surface area contributed by atoms with E-state index in [0.29, 0.717) is 19.1 Å². The Morgan fingerprint density at radius 3 is 2.73 bits per heavy atom. The molecule has 0 radical (unpaired) electrons. The summed E-state index contributed by atoms with van der Waals surface area (Å²) < 4.78 is 0. The van der Waals surface area contributed by atoms with Crippen LogP contribution in [0.25, 0.3) is 0 Å². The zero-order chi connectivity index (χ0) is 11.7. The molecule has 15 heavy (non-hydrogen) atoms. The van der Waals surface area contributed by atoms with Gasteiger partial charge in [-0.3, -0.25) is 9.69 Å². The van der Waals surface area contributed by atoms with Crippen molar-refractivity contribution < 1.29 is 4.79 Å². The van der Waals surface area contributed by atoms with Crippen molar-refractivity contribution in [2.45, 2.75) is 39.2 Å². The molecule has 90 valence electrons. The number of nitrogens with two attached hydrogens (primary N) is 1. The Bertz CT molecular complexity index is 173. The highest BCUT2D eigenvalue weighted by atomic mass is 16.2. The molecule has 0 heterocycles. The zero-order valence-corrected chi connectivity index (χ0v) is 10.3. The van der Waals surface area contributed by atoms with E-state index in [4.69, 9.17) is 5.73 Å². The SMILES string of the molecule is CCCCNC(=O)CN(C)C(C)CCN. The van der Waals surface area contributed by atoms with Crippen LogP contribution < -0.4 is 11.1 Å². The second kappa shape index (κ2) is 8.68. The van der Waals surface area contributed by atoms with Crippen molar-refractivity contribution in [1.29, 1.82) is 0 Å². The zero-order valence-electron chi connectivity index (χ0n) is 10.3. The maximum atomic E-state index is 11.5. The summed E-state index contributed by atoms with van der Waals surface area (Å²) in [5.74, 6) is 0.106. The van der Waals surface area contributed by atoms with Gasteiger partial charge in [-0.1, -0.05) is 13.3 Å². The quantitative estimate of drug-likeness (QED) is 0.582. The fraction of sp³-hybridized carbons (Fsp3) is 0.909. The number of rotatable bonds is 8. The maximum absolute atomic E-state index is 11.5. The van der Waals surface area contributed by atoms with E-state index in [2.05, 4.69) is 19.2 Å². The molecule has 4 nitrogen and oxygen atoms in total. The summed E-state index contributed by atoms with van der Waals surface area (Å²) in [6, 6.07) is 0.368. The molecule has 0 saturated heterocycles. The van der Waals surface area contributed by atoms with Gasteiger partial charge >= 0.3 is 0 Å². The van der Waals surface area contributed by atoms with Crippen LogP contribution in [-0.4, -0.2) is 43.5 Å². The number of nitrogens with one attached hydrogen (secondary N) is 1. The number of hydrogen-bond donors (Lipinski definition) is 2. The molecule has 1 amide bonds. The molecule has 1 unspecified atom stereocenters. The van der Waals surface area contributed by atoms with E-state index in [-0.39, 0.29) is 5.91 Å². The second-order valence-corrected chi connectivity index (χ2v) is 4.04. The monoisotopic (exact) mass is 215 g/mol. The molecule has 0 fully saturated rings. The molecular weight excluding hydrogens is 190 g/mol. The minimum absolute atomic E-state index is 0.106. The highest BCUT2D eigenvalue weighted by molar-refractivity contribution is 5.77. The van der Waals surface area contributed by atoms with Crippen LogP contribution in [0.15, 0.2) is 0 Å². The van der Waals surface area contributed by atoms with Gasteiger partial charge in [0.05, 0.1) is 6.54 Å². The number of amides is 1. The standard InChI is InChI=1S/C11H25N3O/c1-4-5-8-13-11(15)9-14(3)10(2)6-7-12/h10H,4-9,12H2,1-3H3,(H,13,15). The lowest BCUT2D eigenvalue weighted by atomic mass is 10.2. The van der Waals surface area contributed by atoms with Crippen molar-refractivity contribution in [3.63, 3.8) is 0 Å². The normalized spacial score (nSPS) is 12.9. The molecule has 0 aromatic rings. The van der Waals surface area contributed by atoms with Gasteiger partial charge in [-0.15, -0.1) is 0 Å². The highest BCUT2D eigenvalue weighted by Crippen LogP contribution is 1.98. The van der Waals surface area contributed by atoms with Gasteiger partial charge in [-0.25, -0.2) is 0 Å². The number of unbranched alkanes of at least 4 members (excludes halogenated alkanes) is 1. The van der Waals surface area contributed by atoms with Gasteiger partial charge < -0.3 is 11.1 Å². The topological polar surface area (TPSA) is 58.4 Å². The van der Waals surface area contributed by atoms with Gasteiger partial charge in [-0.2, -0.15) is 0 Å². The molecule has 4 heteroatoms. The number of carbonyl (C=O) groups is 1. The number of carbonyl (C=O) groups excluding carboxylic acids is 1. The van der Waals surface area contributed by atoms with E-state index >= 15 is 0 Å². The predicted octanol–water partition coefficient (Wildman–Crippen LogP) is 0.572. The van der Waals surface area contributed by atoms with E-state index in [1.54, 1.807) is 0 Å². The van der Waals surface area contributed by atoms with Crippen molar-refractivity contribution in [2.75, 3.05) is 26.7 Å². The third-order valence-corrected chi connectivity index (χ3v) is 2.58. The lowest BCUT2D eigenvalue weighted by molar-refractivity contribution is -0.122. The smallest absolute Gasteiger partial charge is 0.234 e. The van der Waals surface area contributed by atoms with Crippen LogP contribution in [-0.2, 0) is 4.79 Å². The Morgan fingerprint density at radius 2 is 2.20 bits per heavy atom. The molecule has 0 rings (SSSR count). The Hall–Kier alpha value is -0.610. The number of likely N-dealkylation sites (N-methyl/N-ethyl adjacent to an activating group) is 1. The van der Waals surface area contributed by atoms with Crippen LogP contribution in [0.3, 0.4) is 0 Å². The molecule has 0 aliphatic heterocycles. The second-order valence-electron chi connectivity index (χ2n) is 4.04. The first-order valence-corrected chi connectivity index (χ1v) is 5.78. The van der Waals surface area contributed by atoms with E-state index in [1.165, 1.54) is 0 Å². The largest absolute Gasteiger partial charge is 0.355 e. The molecule has 3 N–H and O–H groups in total. The molecule has 0 aromatic heterocycles. The van der Waals surface area contributed by atoms with Crippen LogP contribution in [0.1, 0.15) is 33.1 Å². The maximum Gasteiger partial charge on any atom is 0.234 e. The van der Waals surface area contributed by atoms with E-state index in [9.17, 15) is 4.79 Å². The van der Waals surface area contributed by atoms with Crippen LogP contribution >= 0.6 is 0 Å². The average molecular weight is 215 g/mol. The van der Waals surface area contributed by atoms with Crippen molar-refractivity contribution in [1.82, 2.24) is 10.2 Å². The summed E-state index contributed by atoms with van der Waals surface area (Å²) in [7, 11) is 1.96. The summed E-state index contributed by atoms with van der Waals surface area (Å²) in [5, 5.41) is 2.90. The molecule has 0 saturated carbocycles. The van der Waals surface area contributed by atoms with Crippen molar-refractivity contribution in [2.24, 2.45) is 5.73 Å².